The maximum absolute atomic E-state index is 6.05. The molecule has 2 atom stereocenters. The Hall–Kier alpha value is -0.0800. The van der Waals surface area contributed by atoms with Crippen molar-refractivity contribution in [2.24, 2.45) is 17.6 Å². The molecule has 1 saturated carbocycles. The second-order valence-electron chi connectivity index (χ2n) is 4.38. The minimum atomic E-state index is 0.438. The van der Waals surface area contributed by atoms with Crippen molar-refractivity contribution in [2.75, 3.05) is 13.1 Å². The third-order valence-corrected chi connectivity index (χ3v) is 3.57. The SMILES string of the molecule is N[C@H]1CNC[C@@H]1C1CCCCC1. The van der Waals surface area contributed by atoms with E-state index in [1.54, 1.807) is 0 Å². The van der Waals surface area contributed by atoms with E-state index in [0.29, 0.717) is 6.04 Å². The molecule has 0 radical (unpaired) electrons. The Morgan fingerprint density at radius 1 is 1.00 bits per heavy atom. The van der Waals surface area contributed by atoms with Crippen LogP contribution >= 0.6 is 0 Å². The summed E-state index contributed by atoms with van der Waals surface area (Å²) < 4.78 is 0. The summed E-state index contributed by atoms with van der Waals surface area (Å²) in [5.41, 5.74) is 6.05. The molecule has 3 N–H and O–H groups in total. The number of hydrogen-bond acceptors (Lipinski definition) is 2. The first-order valence-electron chi connectivity index (χ1n) is 5.34. The highest BCUT2D eigenvalue weighted by molar-refractivity contribution is 4.89. The van der Waals surface area contributed by atoms with E-state index < -0.39 is 0 Å². The summed E-state index contributed by atoms with van der Waals surface area (Å²) in [7, 11) is 0. The van der Waals surface area contributed by atoms with Crippen molar-refractivity contribution in [2.45, 2.75) is 38.1 Å². The second-order valence-corrected chi connectivity index (χ2v) is 4.38. The zero-order valence-corrected chi connectivity index (χ0v) is 7.76. The Bertz CT molecular complexity index is 141. The summed E-state index contributed by atoms with van der Waals surface area (Å²) >= 11 is 0. The van der Waals surface area contributed by atoms with Gasteiger partial charge in [-0.15, -0.1) is 0 Å². The predicted molar refractivity (Wildman–Crippen MR) is 50.9 cm³/mol. The highest BCUT2D eigenvalue weighted by atomic mass is 15.0. The van der Waals surface area contributed by atoms with Crippen LogP contribution in [0.5, 0.6) is 0 Å². The summed E-state index contributed by atoms with van der Waals surface area (Å²) in [6, 6.07) is 0.438. The van der Waals surface area contributed by atoms with E-state index in [1.165, 1.54) is 38.6 Å². The lowest BCUT2D eigenvalue weighted by atomic mass is 9.78. The molecule has 2 nitrogen and oxygen atoms in total. The van der Waals surface area contributed by atoms with Crippen LogP contribution in [0, 0.1) is 11.8 Å². The number of rotatable bonds is 1. The molecule has 1 aliphatic heterocycles. The Morgan fingerprint density at radius 3 is 2.33 bits per heavy atom. The normalized spacial score (nSPS) is 38.8. The molecule has 1 saturated heterocycles. The quantitative estimate of drug-likeness (QED) is 0.615. The first kappa shape index (κ1) is 8.52. The molecule has 12 heavy (non-hydrogen) atoms. The third kappa shape index (κ3) is 1.64. The van der Waals surface area contributed by atoms with Gasteiger partial charge in [-0.2, -0.15) is 0 Å². The lowest BCUT2D eigenvalue weighted by molar-refractivity contribution is 0.247. The van der Waals surface area contributed by atoms with Crippen molar-refractivity contribution in [3.63, 3.8) is 0 Å². The van der Waals surface area contributed by atoms with Gasteiger partial charge in [0.25, 0.3) is 0 Å². The van der Waals surface area contributed by atoms with Crippen molar-refractivity contribution in [1.82, 2.24) is 5.32 Å². The molecule has 1 heterocycles. The van der Waals surface area contributed by atoms with Gasteiger partial charge in [-0.3, -0.25) is 0 Å². The highest BCUT2D eigenvalue weighted by Gasteiger charge is 2.31. The van der Waals surface area contributed by atoms with E-state index in [9.17, 15) is 0 Å². The van der Waals surface area contributed by atoms with Gasteiger partial charge in [-0.1, -0.05) is 32.1 Å². The molecule has 2 aliphatic rings. The van der Waals surface area contributed by atoms with Gasteiger partial charge in [-0.05, 0) is 18.4 Å². The molecular formula is C10H20N2. The lowest BCUT2D eigenvalue weighted by Gasteiger charge is -2.29. The predicted octanol–water partition coefficient (Wildman–Crippen LogP) is 1.11. The Kier molecular flexibility index (Phi) is 2.66. The largest absolute Gasteiger partial charge is 0.326 e. The highest BCUT2D eigenvalue weighted by Crippen LogP contribution is 2.32. The van der Waals surface area contributed by atoms with Crippen LogP contribution < -0.4 is 11.1 Å². The monoisotopic (exact) mass is 168 g/mol. The van der Waals surface area contributed by atoms with Crippen LogP contribution in [0.4, 0.5) is 0 Å². The molecule has 70 valence electrons. The van der Waals surface area contributed by atoms with Crippen molar-refractivity contribution in [3.05, 3.63) is 0 Å². The van der Waals surface area contributed by atoms with E-state index >= 15 is 0 Å². The molecule has 0 spiro atoms. The third-order valence-electron chi connectivity index (χ3n) is 3.57. The van der Waals surface area contributed by atoms with Crippen LogP contribution in [-0.4, -0.2) is 19.1 Å². The standard InChI is InChI=1S/C10H20N2/c11-10-7-12-6-9(10)8-4-2-1-3-5-8/h8-10,12H,1-7,11H2/t9-,10+/m1/s1. The summed E-state index contributed by atoms with van der Waals surface area (Å²) in [6.45, 7) is 2.22. The van der Waals surface area contributed by atoms with Crippen LogP contribution in [0.2, 0.25) is 0 Å². The molecule has 0 aromatic rings. The Morgan fingerprint density at radius 2 is 1.75 bits per heavy atom. The topological polar surface area (TPSA) is 38.0 Å². The van der Waals surface area contributed by atoms with Crippen LogP contribution in [-0.2, 0) is 0 Å². The van der Waals surface area contributed by atoms with Gasteiger partial charge in [0.2, 0.25) is 0 Å². The van der Waals surface area contributed by atoms with Crippen LogP contribution in [0.3, 0.4) is 0 Å². The minimum absolute atomic E-state index is 0.438. The van der Waals surface area contributed by atoms with Gasteiger partial charge < -0.3 is 11.1 Å². The summed E-state index contributed by atoms with van der Waals surface area (Å²) in [6.07, 6.45) is 7.19. The van der Waals surface area contributed by atoms with Crippen LogP contribution in [0.15, 0.2) is 0 Å². The summed E-state index contributed by atoms with van der Waals surface area (Å²) in [5, 5.41) is 3.39. The molecule has 0 unspecified atom stereocenters. The zero-order chi connectivity index (χ0) is 8.39. The van der Waals surface area contributed by atoms with Crippen molar-refractivity contribution in [3.8, 4) is 0 Å². The van der Waals surface area contributed by atoms with E-state index in [-0.39, 0.29) is 0 Å². The first-order chi connectivity index (χ1) is 5.88. The van der Waals surface area contributed by atoms with E-state index in [4.69, 9.17) is 5.73 Å². The second kappa shape index (κ2) is 3.75. The van der Waals surface area contributed by atoms with E-state index in [1.807, 2.05) is 0 Å². The number of hydrogen-bond donors (Lipinski definition) is 2. The maximum Gasteiger partial charge on any atom is 0.0208 e. The van der Waals surface area contributed by atoms with Gasteiger partial charge in [0.15, 0.2) is 0 Å². The van der Waals surface area contributed by atoms with Crippen molar-refractivity contribution < 1.29 is 0 Å². The van der Waals surface area contributed by atoms with Gasteiger partial charge in [0.1, 0.15) is 0 Å². The van der Waals surface area contributed by atoms with E-state index in [0.717, 1.165) is 18.4 Å². The Labute approximate surface area is 74.9 Å². The maximum atomic E-state index is 6.05. The molecule has 2 fully saturated rings. The fraction of sp³-hybridized carbons (Fsp3) is 1.00. The van der Waals surface area contributed by atoms with Gasteiger partial charge in [0, 0.05) is 12.6 Å². The minimum Gasteiger partial charge on any atom is -0.326 e. The summed E-state index contributed by atoms with van der Waals surface area (Å²) in [4.78, 5) is 0. The molecular weight excluding hydrogens is 148 g/mol. The molecule has 1 aliphatic carbocycles. The fourth-order valence-electron chi connectivity index (χ4n) is 2.80. The first-order valence-corrected chi connectivity index (χ1v) is 5.34. The number of nitrogens with one attached hydrogen (secondary N) is 1. The van der Waals surface area contributed by atoms with Gasteiger partial charge in [0.05, 0.1) is 0 Å². The average molecular weight is 168 g/mol. The van der Waals surface area contributed by atoms with E-state index in [2.05, 4.69) is 5.32 Å². The number of nitrogens with two attached hydrogens (primary N) is 1. The average Bonchev–Trinajstić information content (AvgIpc) is 2.53. The smallest absolute Gasteiger partial charge is 0.0208 e. The lowest BCUT2D eigenvalue weighted by Crippen LogP contribution is -2.34. The van der Waals surface area contributed by atoms with Crippen LogP contribution in [0.25, 0.3) is 0 Å². The van der Waals surface area contributed by atoms with Crippen molar-refractivity contribution >= 4 is 0 Å². The molecule has 0 bridgehead atoms. The van der Waals surface area contributed by atoms with Crippen molar-refractivity contribution in [1.29, 1.82) is 0 Å². The van der Waals surface area contributed by atoms with Gasteiger partial charge >= 0.3 is 0 Å². The van der Waals surface area contributed by atoms with Crippen LogP contribution in [0.1, 0.15) is 32.1 Å². The molecule has 0 aromatic carbocycles. The Balaban J connectivity index is 1.89. The fourth-order valence-corrected chi connectivity index (χ4v) is 2.80. The van der Waals surface area contributed by atoms with Gasteiger partial charge in [-0.25, -0.2) is 0 Å². The molecule has 2 heteroatoms. The molecule has 0 amide bonds. The summed E-state index contributed by atoms with van der Waals surface area (Å²) in [5.74, 6) is 1.72. The zero-order valence-electron chi connectivity index (χ0n) is 7.76. The molecule has 0 aromatic heterocycles. The molecule has 2 rings (SSSR count).